The maximum atomic E-state index is 12.1. The molecule has 1 aliphatic heterocycles. The molecule has 1 saturated heterocycles. The Kier molecular flexibility index (Phi) is 7.78. The van der Waals surface area contributed by atoms with Gasteiger partial charge in [0.2, 0.25) is 0 Å². The van der Waals surface area contributed by atoms with E-state index in [0.29, 0.717) is 19.8 Å². The van der Waals surface area contributed by atoms with Gasteiger partial charge < -0.3 is 24.3 Å². The molecule has 0 aromatic heterocycles. The topological polar surface area (TPSA) is 83.1 Å². The van der Waals surface area contributed by atoms with Gasteiger partial charge in [-0.05, 0) is 34.1 Å². The SMILES string of the molecule is CCOC(=O)CC(OC)C(NC(=O)OC(C)(C)C)C1CCOC1. The van der Waals surface area contributed by atoms with Crippen molar-refractivity contribution in [3.05, 3.63) is 0 Å². The molecule has 1 N–H and O–H groups in total. The van der Waals surface area contributed by atoms with Crippen LogP contribution in [0.2, 0.25) is 0 Å². The van der Waals surface area contributed by atoms with Crippen molar-refractivity contribution in [3.63, 3.8) is 0 Å². The number of hydrogen-bond acceptors (Lipinski definition) is 6. The number of esters is 1. The number of alkyl carbamates (subject to hydrolysis) is 1. The van der Waals surface area contributed by atoms with Crippen LogP contribution < -0.4 is 5.32 Å². The van der Waals surface area contributed by atoms with Crippen molar-refractivity contribution in [2.75, 3.05) is 26.9 Å². The number of hydrogen-bond donors (Lipinski definition) is 1. The van der Waals surface area contributed by atoms with Crippen LogP contribution in [0.3, 0.4) is 0 Å². The zero-order valence-electron chi connectivity index (χ0n) is 14.7. The molecule has 7 heteroatoms. The lowest BCUT2D eigenvalue weighted by molar-refractivity contribution is -0.146. The summed E-state index contributed by atoms with van der Waals surface area (Å²) in [6.07, 6.45) is -0.154. The van der Waals surface area contributed by atoms with E-state index in [2.05, 4.69) is 5.32 Å². The normalized spacial score (nSPS) is 20.7. The molecule has 0 saturated carbocycles. The van der Waals surface area contributed by atoms with Crippen LogP contribution in [-0.4, -0.2) is 56.7 Å². The first kappa shape index (κ1) is 19.7. The van der Waals surface area contributed by atoms with E-state index in [0.717, 1.165) is 6.42 Å². The van der Waals surface area contributed by atoms with Gasteiger partial charge in [-0.25, -0.2) is 4.79 Å². The van der Waals surface area contributed by atoms with Crippen LogP contribution in [0.5, 0.6) is 0 Å². The van der Waals surface area contributed by atoms with E-state index >= 15 is 0 Å². The molecule has 0 radical (unpaired) electrons. The number of ether oxygens (including phenoxy) is 4. The van der Waals surface area contributed by atoms with Gasteiger partial charge in [-0.2, -0.15) is 0 Å². The summed E-state index contributed by atoms with van der Waals surface area (Å²) in [5.41, 5.74) is -0.593. The van der Waals surface area contributed by atoms with Crippen molar-refractivity contribution < 1.29 is 28.5 Å². The molecule has 1 heterocycles. The third-order valence-corrected chi connectivity index (χ3v) is 3.53. The van der Waals surface area contributed by atoms with Gasteiger partial charge in [0.25, 0.3) is 0 Å². The molecule has 1 fully saturated rings. The van der Waals surface area contributed by atoms with Crippen molar-refractivity contribution >= 4 is 12.1 Å². The number of carbonyl (C=O) groups is 2. The van der Waals surface area contributed by atoms with Gasteiger partial charge in [-0.15, -0.1) is 0 Å². The Bertz CT molecular complexity index is 387. The van der Waals surface area contributed by atoms with Crippen molar-refractivity contribution in [1.82, 2.24) is 5.32 Å². The Morgan fingerprint density at radius 1 is 1.35 bits per heavy atom. The van der Waals surface area contributed by atoms with Crippen LogP contribution in [-0.2, 0) is 23.7 Å². The Morgan fingerprint density at radius 2 is 2.04 bits per heavy atom. The monoisotopic (exact) mass is 331 g/mol. The molecule has 1 rings (SSSR count). The van der Waals surface area contributed by atoms with Crippen LogP contribution in [0.15, 0.2) is 0 Å². The van der Waals surface area contributed by atoms with E-state index in [1.807, 2.05) is 0 Å². The second-order valence-electron chi connectivity index (χ2n) is 6.58. The maximum absolute atomic E-state index is 12.1. The highest BCUT2D eigenvalue weighted by Crippen LogP contribution is 2.23. The second-order valence-corrected chi connectivity index (χ2v) is 6.58. The average molecular weight is 331 g/mol. The molecule has 7 nitrogen and oxygen atoms in total. The molecule has 23 heavy (non-hydrogen) atoms. The predicted octanol–water partition coefficient (Wildman–Crippen LogP) is 1.88. The fraction of sp³-hybridized carbons (Fsp3) is 0.875. The lowest BCUT2D eigenvalue weighted by Crippen LogP contribution is -2.51. The van der Waals surface area contributed by atoms with Crippen LogP contribution in [0.1, 0.15) is 40.5 Å². The van der Waals surface area contributed by atoms with Crippen LogP contribution >= 0.6 is 0 Å². The largest absolute Gasteiger partial charge is 0.466 e. The van der Waals surface area contributed by atoms with Gasteiger partial charge >= 0.3 is 12.1 Å². The Balaban J connectivity index is 2.77. The number of amides is 1. The number of nitrogens with one attached hydrogen (secondary N) is 1. The summed E-state index contributed by atoms with van der Waals surface area (Å²) in [7, 11) is 1.52. The Morgan fingerprint density at radius 3 is 2.52 bits per heavy atom. The van der Waals surface area contributed by atoms with E-state index in [1.54, 1.807) is 27.7 Å². The number of carbonyl (C=O) groups excluding carboxylic acids is 2. The van der Waals surface area contributed by atoms with E-state index in [9.17, 15) is 9.59 Å². The summed E-state index contributed by atoms with van der Waals surface area (Å²) in [6, 6.07) is -0.373. The summed E-state index contributed by atoms with van der Waals surface area (Å²) >= 11 is 0. The van der Waals surface area contributed by atoms with Crippen LogP contribution in [0.25, 0.3) is 0 Å². The van der Waals surface area contributed by atoms with Gasteiger partial charge in [0.1, 0.15) is 5.60 Å². The minimum atomic E-state index is -0.593. The van der Waals surface area contributed by atoms with Gasteiger partial charge in [-0.1, -0.05) is 0 Å². The maximum Gasteiger partial charge on any atom is 0.407 e. The zero-order valence-corrected chi connectivity index (χ0v) is 14.7. The van der Waals surface area contributed by atoms with Crippen molar-refractivity contribution in [2.24, 2.45) is 5.92 Å². The summed E-state index contributed by atoms with van der Waals surface area (Å²) in [5.74, 6) is -0.281. The standard InChI is InChI=1S/C16H29NO6/c1-6-22-13(18)9-12(20-5)14(11-7-8-21-10-11)17-15(19)23-16(2,3)4/h11-12,14H,6-10H2,1-5H3,(H,17,19). The minimum Gasteiger partial charge on any atom is -0.466 e. The van der Waals surface area contributed by atoms with Gasteiger partial charge in [0, 0.05) is 19.6 Å². The van der Waals surface area contributed by atoms with E-state index in [-0.39, 0.29) is 24.3 Å². The molecule has 3 unspecified atom stereocenters. The highest BCUT2D eigenvalue weighted by Gasteiger charge is 2.36. The molecule has 0 aromatic carbocycles. The molecule has 1 amide bonds. The van der Waals surface area contributed by atoms with Crippen molar-refractivity contribution in [2.45, 2.75) is 58.3 Å². The van der Waals surface area contributed by atoms with Crippen molar-refractivity contribution in [1.29, 1.82) is 0 Å². The molecule has 0 aliphatic carbocycles. The molecule has 1 aliphatic rings. The molecule has 3 atom stereocenters. The fourth-order valence-electron chi connectivity index (χ4n) is 2.54. The lowest BCUT2D eigenvalue weighted by atomic mass is 9.92. The average Bonchev–Trinajstić information content (AvgIpc) is 2.94. The summed E-state index contributed by atoms with van der Waals surface area (Å²) in [4.78, 5) is 23.9. The first-order chi connectivity index (χ1) is 10.8. The van der Waals surface area contributed by atoms with Gasteiger partial charge in [0.15, 0.2) is 0 Å². The van der Waals surface area contributed by atoms with E-state index in [4.69, 9.17) is 18.9 Å². The third-order valence-electron chi connectivity index (χ3n) is 3.53. The van der Waals surface area contributed by atoms with E-state index in [1.165, 1.54) is 7.11 Å². The predicted molar refractivity (Wildman–Crippen MR) is 84.1 cm³/mol. The second kappa shape index (κ2) is 9.08. The zero-order chi connectivity index (χ0) is 17.5. The first-order valence-corrected chi connectivity index (χ1v) is 8.02. The van der Waals surface area contributed by atoms with Gasteiger partial charge in [-0.3, -0.25) is 4.79 Å². The highest BCUT2D eigenvalue weighted by atomic mass is 16.6. The fourth-order valence-corrected chi connectivity index (χ4v) is 2.54. The molecule has 0 aromatic rings. The minimum absolute atomic E-state index is 0.0707. The molecule has 134 valence electrons. The summed E-state index contributed by atoms with van der Waals surface area (Å²) in [6.45, 7) is 8.61. The molecule has 0 spiro atoms. The third kappa shape index (κ3) is 7.18. The molecular weight excluding hydrogens is 302 g/mol. The van der Waals surface area contributed by atoms with Crippen molar-refractivity contribution in [3.8, 4) is 0 Å². The Labute approximate surface area is 138 Å². The van der Waals surface area contributed by atoms with Gasteiger partial charge in [0.05, 0.1) is 31.8 Å². The van der Waals surface area contributed by atoms with Crippen LogP contribution in [0, 0.1) is 5.92 Å². The smallest absolute Gasteiger partial charge is 0.407 e. The summed E-state index contributed by atoms with van der Waals surface area (Å²) in [5, 5.41) is 2.84. The Hall–Kier alpha value is -1.34. The number of rotatable bonds is 7. The summed E-state index contributed by atoms with van der Waals surface area (Å²) < 4.78 is 21.1. The molecule has 0 bridgehead atoms. The molecular formula is C16H29NO6. The van der Waals surface area contributed by atoms with E-state index < -0.39 is 17.8 Å². The number of methoxy groups -OCH3 is 1. The van der Waals surface area contributed by atoms with Crippen LogP contribution in [0.4, 0.5) is 4.79 Å². The quantitative estimate of drug-likeness (QED) is 0.717. The first-order valence-electron chi connectivity index (χ1n) is 8.02. The lowest BCUT2D eigenvalue weighted by Gasteiger charge is -2.31. The highest BCUT2D eigenvalue weighted by molar-refractivity contribution is 5.71.